The molecule has 0 rings (SSSR count). The SMILES string of the molecule is CCCCCCCCCCCCCCCCCCOC(OCCCCCCCCCCCCCCC)(OCCOCC)C(=O)O. The van der Waals surface area contributed by atoms with Gasteiger partial charge in [0.15, 0.2) is 0 Å². The van der Waals surface area contributed by atoms with Crippen LogP contribution in [0.15, 0.2) is 0 Å². The summed E-state index contributed by atoms with van der Waals surface area (Å²) in [5.74, 6) is -3.26. The Morgan fingerprint density at radius 2 is 0.667 bits per heavy atom. The van der Waals surface area contributed by atoms with Gasteiger partial charge in [0.1, 0.15) is 0 Å². The molecular weight excluding hydrogens is 564 g/mol. The molecule has 0 saturated carbocycles. The number of carboxylic acids is 1. The molecule has 0 saturated heterocycles. The maximum Gasteiger partial charge on any atom is 0.395 e. The van der Waals surface area contributed by atoms with Gasteiger partial charge in [0.2, 0.25) is 0 Å². The molecule has 45 heavy (non-hydrogen) atoms. The van der Waals surface area contributed by atoms with Gasteiger partial charge in [-0.05, 0) is 19.8 Å². The van der Waals surface area contributed by atoms with E-state index in [9.17, 15) is 9.90 Å². The molecule has 0 radical (unpaired) electrons. The minimum atomic E-state index is -2.04. The number of unbranched alkanes of at least 4 members (excludes halogenated alkanes) is 27. The van der Waals surface area contributed by atoms with Gasteiger partial charge in [0, 0.05) is 6.61 Å². The van der Waals surface area contributed by atoms with Crippen LogP contribution >= 0.6 is 0 Å². The van der Waals surface area contributed by atoms with Gasteiger partial charge >= 0.3 is 11.9 Å². The third-order valence-electron chi connectivity index (χ3n) is 8.82. The molecule has 0 aromatic heterocycles. The second-order valence-electron chi connectivity index (χ2n) is 13.1. The fraction of sp³-hybridized carbons (Fsp3) is 0.974. The van der Waals surface area contributed by atoms with Crippen LogP contribution in [0.2, 0.25) is 0 Å². The summed E-state index contributed by atoms with van der Waals surface area (Å²) in [6.45, 7) is 8.08. The van der Waals surface area contributed by atoms with Crippen molar-refractivity contribution in [1.29, 1.82) is 0 Å². The van der Waals surface area contributed by atoms with E-state index in [-0.39, 0.29) is 6.61 Å². The van der Waals surface area contributed by atoms with Gasteiger partial charge < -0.3 is 24.1 Å². The number of ether oxygens (including phenoxy) is 4. The Morgan fingerprint density at radius 1 is 0.400 bits per heavy atom. The van der Waals surface area contributed by atoms with Crippen molar-refractivity contribution in [3.63, 3.8) is 0 Å². The standard InChI is InChI=1S/C39H78O6/c1-4-7-9-11-13-15-17-19-20-21-23-25-27-29-31-33-35-44-39(38(40)41,45-37-36-42-6-3)43-34-32-30-28-26-24-22-18-16-14-12-10-8-5-2/h4-37H2,1-3H3,(H,40,41). The van der Waals surface area contributed by atoms with E-state index in [0.29, 0.717) is 26.4 Å². The third kappa shape index (κ3) is 30.4. The van der Waals surface area contributed by atoms with Gasteiger partial charge in [0.25, 0.3) is 0 Å². The van der Waals surface area contributed by atoms with Gasteiger partial charge in [-0.2, -0.15) is 0 Å². The molecule has 0 heterocycles. The molecule has 0 fully saturated rings. The van der Waals surface area contributed by atoms with Gasteiger partial charge in [0.05, 0.1) is 26.4 Å². The largest absolute Gasteiger partial charge is 0.475 e. The van der Waals surface area contributed by atoms with Crippen LogP contribution in [-0.2, 0) is 23.7 Å². The first-order valence-corrected chi connectivity index (χ1v) is 19.9. The van der Waals surface area contributed by atoms with Crippen LogP contribution in [0.4, 0.5) is 0 Å². The number of hydrogen-bond donors (Lipinski definition) is 1. The van der Waals surface area contributed by atoms with Crippen LogP contribution < -0.4 is 0 Å². The molecule has 1 atom stereocenters. The van der Waals surface area contributed by atoms with Crippen LogP contribution in [0.5, 0.6) is 0 Å². The highest BCUT2D eigenvalue weighted by molar-refractivity contribution is 5.73. The molecule has 0 bridgehead atoms. The first-order valence-electron chi connectivity index (χ1n) is 19.9. The van der Waals surface area contributed by atoms with Crippen LogP contribution in [0, 0.1) is 0 Å². The lowest BCUT2D eigenvalue weighted by molar-refractivity contribution is -0.364. The summed E-state index contributed by atoms with van der Waals surface area (Å²) in [7, 11) is 0. The van der Waals surface area contributed by atoms with E-state index in [1.807, 2.05) is 6.92 Å². The van der Waals surface area contributed by atoms with E-state index in [0.717, 1.165) is 38.5 Å². The van der Waals surface area contributed by atoms with Crippen molar-refractivity contribution in [3.05, 3.63) is 0 Å². The Labute approximate surface area is 280 Å². The molecule has 6 heteroatoms. The maximum absolute atomic E-state index is 12.2. The quantitative estimate of drug-likeness (QED) is 0.0531. The Bertz CT molecular complexity index is 586. The minimum absolute atomic E-state index is 0.123. The molecule has 6 nitrogen and oxygen atoms in total. The monoisotopic (exact) mass is 643 g/mol. The second-order valence-corrected chi connectivity index (χ2v) is 13.1. The zero-order valence-electron chi connectivity index (χ0n) is 30.5. The topological polar surface area (TPSA) is 74.2 Å². The molecule has 1 unspecified atom stereocenters. The summed E-state index contributed by atoms with van der Waals surface area (Å²) in [6.07, 6.45) is 37.2. The first kappa shape index (κ1) is 44.3. The zero-order valence-corrected chi connectivity index (χ0v) is 30.5. The normalized spacial score (nSPS) is 13.0. The summed E-state index contributed by atoms with van der Waals surface area (Å²) in [5.41, 5.74) is 0. The Kier molecular flexibility index (Phi) is 35.6. The molecule has 0 amide bonds. The van der Waals surface area contributed by atoms with E-state index < -0.39 is 11.9 Å². The van der Waals surface area contributed by atoms with Crippen molar-refractivity contribution in [2.75, 3.05) is 33.0 Å². The fourth-order valence-corrected chi connectivity index (χ4v) is 5.87. The Balaban J connectivity index is 4.01. The fourth-order valence-electron chi connectivity index (χ4n) is 5.87. The highest BCUT2D eigenvalue weighted by Gasteiger charge is 2.43. The first-order chi connectivity index (χ1) is 22.1. The van der Waals surface area contributed by atoms with Gasteiger partial charge in [-0.1, -0.05) is 187 Å². The van der Waals surface area contributed by atoms with E-state index in [2.05, 4.69) is 13.8 Å². The molecule has 270 valence electrons. The lowest BCUT2D eigenvalue weighted by Gasteiger charge is -2.29. The Hall–Kier alpha value is -0.690. The van der Waals surface area contributed by atoms with Gasteiger partial charge in [-0.3, -0.25) is 0 Å². The molecule has 1 N–H and O–H groups in total. The average Bonchev–Trinajstić information content (AvgIpc) is 3.04. The van der Waals surface area contributed by atoms with Crippen molar-refractivity contribution >= 4 is 5.97 Å². The highest BCUT2D eigenvalue weighted by Crippen LogP contribution is 2.20. The predicted molar refractivity (Wildman–Crippen MR) is 190 cm³/mol. The summed E-state index contributed by atoms with van der Waals surface area (Å²) >= 11 is 0. The van der Waals surface area contributed by atoms with Crippen molar-refractivity contribution in [3.8, 4) is 0 Å². The lowest BCUT2D eigenvalue weighted by Crippen LogP contribution is -2.48. The summed E-state index contributed by atoms with van der Waals surface area (Å²) < 4.78 is 22.6. The highest BCUT2D eigenvalue weighted by atomic mass is 16.9. The molecular formula is C39H78O6. The van der Waals surface area contributed by atoms with Crippen LogP contribution in [-0.4, -0.2) is 50.1 Å². The number of rotatable bonds is 39. The molecule has 0 aliphatic rings. The molecule has 0 aromatic carbocycles. The van der Waals surface area contributed by atoms with Crippen molar-refractivity contribution in [2.24, 2.45) is 0 Å². The van der Waals surface area contributed by atoms with Crippen LogP contribution in [0.25, 0.3) is 0 Å². The molecule has 0 aromatic rings. The Morgan fingerprint density at radius 3 is 0.933 bits per heavy atom. The van der Waals surface area contributed by atoms with Gasteiger partial charge in [-0.25, -0.2) is 4.79 Å². The van der Waals surface area contributed by atoms with Crippen molar-refractivity contribution in [2.45, 2.75) is 213 Å². The predicted octanol–water partition coefficient (Wildman–Crippen LogP) is 12.2. The summed E-state index contributed by atoms with van der Waals surface area (Å²) in [6, 6.07) is 0. The van der Waals surface area contributed by atoms with E-state index in [1.165, 1.54) is 148 Å². The summed E-state index contributed by atoms with van der Waals surface area (Å²) in [4.78, 5) is 12.2. The van der Waals surface area contributed by atoms with E-state index in [4.69, 9.17) is 18.9 Å². The number of hydrogen-bond acceptors (Lipinski definition) is 5. The second kappa shape index (κ2) is 36.2. The van der Waals surface area contributed by atoms with Crippen molar-refractivity contribution in [1.82, 2.24) is 0 Å². The van der Waals surface area contributed by atoms with Gasteiger partial charge in [-0.15, -0.1) is 0 Å². The number of aliphatic carboxylic acids is 1. The van der Waals surface area contributed by atoms with E-state index in [1.54, 1.807) is 0 Å². The van der Waals surface area contributed by atoms with Crippen LogP contribution in [0.3, 0.4) is 0 Å². The smallest absolute Gasteiger partial charge is 0.395 e. The van der Waals surface area contributed by atoms with Crippen LogP contribution in [0.1, 0.15) is 207 Å². The zero-order chi connectivity index (χ0) is 32.9. The minimum Gasteiger partial charge on any atom is -0.475 e. The molecule has 0 aliphatic heterocycles. The summed E-state index contributed by atoms with van der Waals surface area (Å²) in [5, 5.41) is 10.0. The lowest BCUT2D eigenvalue weighted by atomic mass is 10.0. The molecule has 0 aliphatic carbocycles. The maximum atomic E-state index is 12.2. The number of carbonyl (C=O) groups is 1. The number of carboxylic acid groups (broad SMARTS) is 1. The van der Waals surface area contributed by atoms with Crippen molar-refractivity contribution < 1.29 is 28.8 Å². The van der Waals surface area contributed by atoms with E-state index >= 15 is 0 Å². The third-order valence-corrected chi connectivity index (χ3v) is 8.82. The average molecular weight is 643 g/mol. The molecule has 0 spiro atoms.